The van der Waals surface area contributed by atoms with Gasteiger partial charge in [-0.05, 0) is 57.1 Å². The number of hydrogen-bond acceptors (Lipinski definition) is 3. The molecule has 0 spiro atoms. The third kappa shape index (κ3) is 6.97. The normalized spacial score (nSPS) is 12.1. The minimum Gasteiger partial charge on any atom is -0.384 e. The van der Waals surface area contributed by atoms with Gasteiger partial charge in [0.05, 0.1) is 11.1 Å². The van der Waals surface area contributed by atoms with Gasteiger partial charge in [0.1, 0.15) is 0 Å². The maximum Gasteiger partial charge on any atom is 0.416 e. The van der Waals surface area contributed by atoms with Gasteiger partial charge in [0.25, 0.3) is 0 Å². The van der Waals surface area contributed by atoms with Crippen molar-refractivity contribution in [3.8, 4) is 0 Å². The summed E-state index contributed by atoms with van der Waals surface area (Å²) in [5.74, 6) is 0. The van der Waals surface area contributed by atoms with Crippen LogP contribution in [0.3, 0.4) is 0 Å². The van der Waals surface area contributed by atoms with Gasteiger partial charge >= 0.3 is 6.18 Å². The molecule has 0 amide bonds. The number of pyridine rings is 1. The van der Waals surface area contributed by atoms with Crippen LogP contribution in [-0.2, 0) is 6.18 Å². The minimum atomic E-state index is -4.35. The van der Waals surface area contributed by atoms with Gasteiger partial charge in [0.2, 0.25) is 0 Å². The Kier molecular flexibility index (Phi) is 9.03. The maximum absolute atomic E-state index is 12.9. The summed E-state index contributed by atoms with van der Waals surface area (Å²) in [6, 6.07) is 5.56. The summed E-state index contributed by atoms with van der Waals surface area (Å²) in [5, 5.41) is 4.09. The Morgan fingerprint density at radius 3 is 2.43 bits per heavy atom. The quantitative estimate of drug-likeness (QED) is 0.425. The zero-order chi connectivity index (χ0) is 20.4. The van der Waals surface area contributed by atoms with Crippen LogP contribution in [0.2, 0.25) is 0 Å². The van der Waals surface area contributed by atoms with E-state index in [1.54, 1.807) is 6.20 Å². The molecule has 0 bridgehead atoms. The Morgan fingerprint density at radius 2 is 1.71 bits per heavy atom. The fraction of sp³-hybridized carbons (Fsp3) is 0.591. The second-order valence-corrected chi connectivity index (χ2v) is 7.27. The lowest BCUT2D eigenvalue weighted by molar-refractivity contribution is -0.137. The Labute approximate surface area is 166 Å². The van der Waals surface area contributed by atoms with Gasteiger partial charge < -0.3 is 10.2 Å². The molecule has 0 aliphatic rings. The number of unbranched alkanes of at least 4 members (excludes halogenated alkanes) is 3. The molecule has 6 heteroatoms. The van der Waals surface area contributed by atoms with E-state index in [1.165, 1.54) is 31.7 Å². The van der Waals surface area contributed by atoms with Crippen LogP contribution in [0, 0.1) is 0 Å². The van der Waals surface area contributed by atoms with Gasteiger partial charge in [-0.25, -0.2) is 0 Å². The molecule has 0 atom stereocenters. The van der Waals surface area contributed by atoms with Crippen molar-refractivity contribution >= 4 is 16.6 Å². The molecule has 1 aromatic carbocycles. The summed E-state index contributed by atoms with van der Waals surface area (Å²) < 4.78 is 38.7. The lowest BCUT2D eigenvalue weighted by atomic mass is 10.1. The molecule has 0 saturated heterocycles. The molecule has 28 heavy (non-hydrogen) atoms. The molecule has 0 saturated carbocycles. The molecule has 0 aliphatic heterocycles. The topological polar surface area (TPSA) is 28.2 Å². The molecule has 0 aliphatic carbocycles. The van der Waals surface area contributed by atoms with Crippen LogP contribution < -0.4 is 5.32 Å². The van der Waals surface area contributed by atoms with Crippen LogP contribution in [0.15, 0.2) is 30.5 Å². The number of alkyl halides is 3. The Hall–Kier alpha value is -1.82. The summed E-state index contributed by atoms with van der Waals surface area (Å²) >= 11 is 0. The van der Waals surface area contributed by atoms with Crippen LogP contribution in [0.25, 0.3) is 10.9 Å². The summed E-state index contributed by atoms with van der Waals surface area (Å²) in [4.78, 5) is 6.61. The molecule has 3 nitrogen and oxygen atoms in total. The third-order valence-electron chi connectivity index (χ3n) is 4.90. The van der Waals surface area contributed by atoms with Crippen molar-refractivity contribution in [3.05, 3.63) is 36.0 Å². The minimum absolute atomic E-state index is 0.364. The number of hydrogen-bond donors (Lipinski definition) is 1. The number of rotatable bonds is 12. The Morgan fingerprint density at radius 1 is 0.929 bits per heavy atom. The van der Waals surface area contributed by atoms with Crippen molar-refractivity contribution in [1.29, 1.82) is 0 Å². The second-order valence-electron chi connectivity index (χ2n) is 7.27. The maximum atomic E-state index is 12.9. The first-order chi connectivity index (χ1) is 13.5. The van der Waals surface area contributed by atoms with Crippen molar-refractivity contribution in [2.45, 2.75) is 58.5 Å². The van der Waals surface area contributed by atoms with E-state index in [4.69, 9.17) is 0 Å². The first-order valence-corrected chi connectivity index (χ1v) is 10.4. The average molecular weight is 396 g/mol. The summed E-state index contributed by atoms with van der Waals surface area (Å²) in [5.41, 5.74) is 0.537. The van der Waals surface area contributed by atoms with Crippen molar-refractivity contribution in [1.82, 2.24) is 9.88 Å². The van der Waals surface area contributed by atoms with E-state index in [-0.39, 0.29) is 0 Å². The molecular weight excluding hydrogens is 363 g/mol. The molecule has 1 heterocycles. The molecule has 0 radical (unpaired) electrons. The highest BCUT2D eigenvalue weighted by atomic mass is 19.4. The molecule has 0 unspecified atom stereocenters. The number of fused-ring (bicyclic) bond motifs is 1. The van der Waals surface area contributed by atoms with E-state index in [0.717, 1.165) is 62.2 Å². The van der Waals surface area contributed by atoms with Gasteiger partial charge in [-0.2, -0.15) is 13.2 Å². The number of halogens is 3. The smallest absolute Gasteiger partial charge is 0.384 e. The monoisotopic (exact) mass is 395 g/mol. The zero-order valence-corrected chi connectivity index (χ0v) is 17.0. The standard InChI is InChI=1S/C22H32F3N3/c1-3-5-6-7-15-28(14-4-2)16-8-12-26-20-11-13-27-21-17-18(22(23,24)25)9-10-19(20)21/h9-11,13,17H,3-8,12,14-16H2,1-2H3,(H,26,27). The lowest BCUT2D eigenvalue weighted by Crippen LogP contribution is -2.28. The van der Waals surface area contributed by atoms with Gasteiger partial charge in [0, 0.05) is 23.8 Å². The number of benzene rings is 1. The van der Waals surface area contributed by atoms with Crippen molar-refractivity contribution in [3.63, 3.8) is 0 Å². The van der Waals surface area contributed by atoms with Crippen molar-refractivity contribution < 1.29 is 13.2 Å². The highest BCUT2D eigenvalue weighted by molar-refractivity contribution is 5.91. The third-order valence-corrected chi connectivity index (χ3v) is 4.90. The lowest BCUT2D eigenvalue weighted by Gasteiger charge is -2.22. The summed E-state index contributed by atoms with van der Waals surface area (Å²) in [7, 11) is 0. The van der Waals surface area contributed by atoms with E-state index < -0.39 is 11.7 Å². The first-order valence-electron chi connectivity index (χ1n) is 10.4. The zero-order valence-electron chi connectivity index (χ0n) is 17.0. The highest BCUT2D eigenvalue weighted by Crippen LogP contribution is 2.32. The second kappa shape index (κ2) is 11.2. The summed E-state index contributed by atoms with van der Waals surface area (Å²) in [6.07, 6.45) is 4.45. The van der Waals surface area contributed by atoms with E-state index >= 15 is 0 Å². The predicted octanol–water partition coefficient (Wildman–Crippen LogP) is 6.35. The van der Waals surface area contributed by atoms with Crippen LogP contribution in [0.4, 0.5) is 18.9 Å². The number of aromatic nitrogens is 1. The first kappa shape index (κ1) is 22.5. The van der Waals surface area contributed by atoms with Gasteiger partial charge in [0.15, 0.2) is 0 Å². The predicted molar refractivity (Wildman–Crippen MR) is 111 cm³/mol. The van der Waals surface area contributed by atoms with E-state index in [2.05, 4.69) is 29.0 Å². The number of nitrogens with zero attached hydrogens (tertiary/aromatic N) is 2. The molecule has 1 aromatic heterocycles. The Balaban J connectivity index is 1.88. The van der Waals surface area contributed by atoms with Gasteiger partial charge in [-0.1, -0.05) is 39.2 Å². The molecule has 2 aromatic rings. The van der Waals surface area contributed by atoms with Gasteiger partial charge in [-0.15, -0.1) is 0 Å². The van der Waals surface area contributed by atoms with Crippen molar-refractivity contribution in [2.24, 2.45) is 0 Å². The largest absolute Gasteiger partial charge is 0.416 e. The Bertz CT molecular complexity index is 716. The number of nitrogens with one attached hydrogen (secondary N) is 1. The SMILES string of the molecule is CCCCCCN(CCC)CCCNc1ccnc2cc(C(F)(F)F)ccc12. The van der Waals surface area contributed by atoms with E-state index in [1.807, 2.05) is 6.07 Å². The molecule has 156 valence electrons. The van der Waals surface area contributed by atoms with Crippen molar-refractivity contribution in [2.75, 3.05) is 31.5 Å². The van der Waals surface area contributed by atoms with E-state index in [9.17, 15) is 13.2 Å². The average Bonchev–Trinajstić information content (AvgIpc) is 2.67. The molecule has 0 fully saturated rings. The van der Waals surface area contributed by atoms with Crippen LogP contribution in [0.1, 0.15) is 57.9 Å². The van der Waals surface area contributed by atoms with Crippen LogP contribution >= 0.6 is 0 Å². The fourth-order valence-corrected chi connectivity index (χ4v) is 3.42. The summed E-state index contributed by atoms with van der Waals surface area (Å²) in [6.45, 7) is 8.51. The van der Waals surface area contributed by atoms with Gasteiger partial charge in [-0.3, -0.25) is 4.98 Å². The van der Waals surface area contributed by atoms with Crippen LogP contribution in [0.5, 0.6) is 0 Å². The number of anilines is 1. The fourth-order valence-electron chi connectivity index (χ4n) is 3.42. The van der Waals surface area contributed by atoms with Crippen LogP contribution in [-0.4, -0.2) is 36.1 Å². The molecule has 2 rings (SSSR count). The highest BCUT2D eigenvalue weighted by Gasteiger charge is 2.30. The molecule has 1 N–H and O–H groups in total. The van der Waals surface area contributed by atoms with E-state index in [0.29, 0.717) is 5.52 Å². The molecular formula is C22H32F3N3.